The molecule has 6 aromatic carbocycles. The Balaban J connectivity index is 1.30. The van der Waals surface area contributed by atoms with Gasteiger partial charge in [-0.15, -0.1) is 0 Å². The van der Waals surface area contributed by atoms with Crippen molar-refractivity contribution in [3.05, 3.63) is 152 Å². The van der Waals surface area contributed by atoms with E-state index in [4.69, 9.17) is 0 Å². The lowest BCUT2D eigenvalue weighted by Gasteiger charge is -2.11. The Bertz CT molecular complexity index is 2460. The lowest BCUT2D eigenvalue weighted by molar-refractivity contribution is 1.17. The first-order valence-corrected chi connectivity index (χ1v) is 14.3. The van der Waals surface area contributed by atoms with Gasteiger partial charge in [-0.3, -0.25) is 4.98 Å². The van der Waals surface area contributed by atoms with E-state index in [0.717, 1.165) is 16.6 Å². The second-order valence-corrected chi connectivity index (χ2v) is 10.9. The summed E-state index contributed by atoms with van der Waals surface area (Å²) in [6, 6.07) is 50.4. The highest BCUT2D eigenvalue weighted by Crippen LogP contribution is 2.38. The average molecular weight is 536 g/mol. The maximum Gasteiger partial charge on any atom is 0.0571 e. The molecule has 0 N–H and O–H groups in total. The molecule has 0 bridgehead atoms. The molecule has 0 aliphatic rings. The summed E-state index contributed by atoms with van der Waals surface area (Å²) in [4.78, 5) is 4.45. The molecule has 9 rings (SSSR count). The minimum atomic E-state index is 1.15. The van der Waals surface area contributed by atoms with Gasteiger partial charge in [0, 0.05) is 45.3 Å². The monoisotopic (exact) mass is 535 g/mol. The van der Waals surface area contributed by atoms with Gasteiger partial charge in [-0.2, -0.15) is 0 Å². The second-order valence-electron chi connectivity index (χ2n) is 10.9. The van der Waals surface area contributed by atoms with Crippen LogP contribution in [0.25, 0.3) is 76.9 Å². The van der Waals surface area contributed by atoms with E-state index in [9.17, 15) is 0 Å². The van der Waals surface area contributed by atoms with Crippen LogP contribution in [0, 0.1) is 0 Å². The fourth-order valence-corrected chi connectivity index (χ4v) is 6.64. The molecule has 0 aliphatic carbocycles. The van der Waals surface area contributed by atoms with Crippen LogP contribution in [0.3, 0.4) is 0 Å². The highest BCUT2D eigenvalue weighted by molar-refractivity contribution is 6.12. The van der Waals surface area contributed by atoms with E-state index >= 15 is 0 Å². The molecule has 0 fully saturated rings. The summed E-state index contributed by atoms with van der Waals surface area (Å²) in [6.45, 7) is 0. The molecular weight excluding hydrogens is 510 g/mol. The van der Waals surface area contributed by atoms with Crippen LogP contribution in [-0.2, 0) is 0 Å². The molecule has 0 saturated carbocycles. The Hall–Kier alpha value is -5.67. The molecule has 0 amide bonds. The normalized spacial score (nSPS) is 11.8. The van der Waals surface area contributed by atoms with Gasteiger partial charge >= 0.3 is 0 Å². The third-order valence-electron chi connectivity index (χ3n) is 8.58. The molecule has 0 saturated heterocycles. The van der Waals surface area contributed by atoms with Crippen molar-refractivity contribution < 1.29 is 0 Å². The average Bonchev–Trinajstić information content (AvgIpc) is 3.57. The molecule has 0 aliphatic heterocycles. The van der Waals surface area contributed by atoms with Gasteiger partial charge < -0.3 is 9.13 Å². The Kier molecular flexibility index (Phi) is 4.90. The number of benzene rings is 6. The topological polar surface area (TPSA) is 22.8 Å². The van der Waals surface area contributed by atoms with Crippen LogP contribution < -0.4 is 0 Å². The molecule has 0 atom stereocenters. The zero-order valence-corrected chi connectivity index (χ0v) is 22.8. The van der Waals surface area contributed by atoms with Crippen LogP contribution in [0.4, 0.5) is 0 Å². The fraction of sp³-hybridized carbons (Fsp3) is 0. The standard InChI is InChI=1S/C39H25N3/c1-2-10-30(11-3-1)41-37-20-21-40-25-35(37)34-19-16-29(24-39(34)41)28-15-18-33-32-12-6-7-13-36(32)42(38(33)23-28)31-17-14-26-8-4-5-9-27(26)22-31/h1-25H. The first-order valence-electron chi connectivity index (χ1n) is 14.3. The number of fused-ring (bicyclic) bond motifs is 7. The molecular formula is C39H25N3. The molecule has 3 nitrogen and oxygen atoms in total. The summed E-state index contributed by atoms with van der Waals surface area (Å²) in [6.07, 6.45) is 3.85. The second kappa shape index (κ2) is 8.92. The number of para-hydroxylation sites is 2. The number of rotatable bonds is 3. The number of nitrogens with zero attached hydrogens (tertiary/aromatic N) is 3. The Labute approximate surface area is 242 Å². The van der Waals surface area contributed by atoms with Crippen LogP contribution in [-0.4, -0.2) is 14.1 Å². The van der Waals surface area contributed by atoms with E-state index < -0.39 is 0 Å². The zero-order chi connectivity index (χ0) is 27.6. The molecule has 3 aromatic heterocycles. The Morgan fingerprint density at radius 3 is 1.81 bits per heavy atom. The van der Waals surface area contributed by atoms with Crippen molar-refractivity contribution in [1.29, 1.82) is 0 Å². The Morgan fingerprint density at radius 1 is 0.381 bits per heavy atom. The molecule has 9 aromatic rings. The van der Waals surface area contributed by atoms with Crippen LogP contribution in [0.2, 0.25) is 0 Å². The van der Waals surface area contributed by atoms with E-state index in [1.54, 1.807) is 0 Å². The van der Waals surface area contributed by atoms with E-state index in [2.05, 4.69) is 154 Å². The molecule has 0 radical (unpaired) electrons. The number of pyridine rings is 1. The largest absolute Gasteiger partial charge is 0.309 e. The van der Waals surface area contributed by atoms with Crippen molar-refractivity contribution in [2.24, 2.45) is 0 Å². The van der Waals surface area contributed by atoms with E-state index in [1.165, 1.54) is 60.3 Å². The van der Waals surface area contributed by atoms with Gasteiger partial charge in [0.15, 0.2) is 0 Å². The third kappa shape index (κ3) is 3.37. The first-order chi connectivity index (χ1) is 20.8. The van der Waals surface area contributed by atoms with Crippen LogP contribution in [0.5, 0.6) is 0 Å². The molecule has 3 heteroatoms. The maximum atomic E-state index is 4.45. The highest BCUT2D eigenvalue weighted by Gasteiger charge is 2.16. The molecule has 196 valence electrons. The quantitative estimate of drug-likeness (QED) is 0.221. The van der Waals surface area contributed by atoms with Crippen LogP contribution >= 0.6 is 0 Å². The third-order valence-corrected chi connectivity index (χ3v) is 8.58. The van der Waals surface area contributed by atoms with Crippen molar-refractivity contribution in [3.63, 3.8) is 0 Å². The van der Waals surface area contributed by atoms with Crippen molar-refractivity contribution in [1.82, 2.24) is 14.1 Å². The zero-order valence-electron chi connectivity index (χ0n) is 22.8. The van der Waals surface area contributed by atoms with Crippen molar-refractivity contribution in [3.8, 4) is 22.5 Å². The van der Waals surface area contributed by atoms with Gasteiger partial charge in [-0.05, 0) is 70.4 Å². The summed E-state index contributed by atoms with van der Waals surface area (Å²) in [5, 5.41) is 7.38. The summed E-state index contributed by atoms with van der Waals surface area (Å²) in [5.41, 5.74) is 9.46. The highest BCUT2D eigenvalue weighted by atomic mass is 15.0. The predicted octanol–water partition coefficient (Wildman–Crippen LogP) is 10.1. The van der Waals surface area contributed by atoms with Crippen molar-refractivity contribution >= 4 is 54.4 Å². The van der Waals surface area contributed by atoms with Gasteiger partial charge in [-0.1, -0.05) is 91.0 Å². The van der Waals surface area contributed by atoms with Crippen LogP contribution in [0.15, 0.2) is 152 Å². The number of hydrogen-bond donors (Lipinski definition) is 0. The molecule has 0 spiro atoms. The van der Waals surface area contributed by atoms with Gasteiger partial charge in [0.25, 0.3) is 0 Å². The molecule has 0 unspecified atom stereocenters. The van der Waals surface area contributed by atoms with Crippen molar-refractivity contribution in [2.45, 2.75) is 0 Å². The lowest BCUT2D eigenvalue weighted by Crippen LogP contribution is -1.94. The minimum absolute atomic E-state index is 1.15. The maximum absolute atomic E-state index is 4.45. The van der Waals surface area contributed by atoms with Gasteiger partial charge in [0.2, 0.25) is 0 Å². The Morgan fingerprint density at radius 2 is 1.00 bits per heavy atom. The fourth-order valence-electron chi connectivity index (χ4n) is 6.64. The van der Waals surface area contributed by atoms with Gasteiger partial charge in [0.1, 0.15) is 0 Å². The number of aromatic nitrogens is 3. The van der Waals surface area contributed by atoms with E-state index in [1.807, 2.05) is 12.4 Å². The minimum Gasteiger partial charge on any atom is -0.309 e. The van der Waals surface area contributed by atoms with E-state index in [0.29, 0.717) is 0 Å². The smallest absolute Gasteiger partial charge is 0.0571 e. The van der Waals surface area contributed by atoms with Crippen LogP contribution in [0.1, 0.15) is 0 Å². The summed E-state index contributed by atoms with van der Waals surface area (Å²) < 4.78 is 4.76. The van der Waals surface area contributed by atoms with Gasteiger partial charge in [-0.25, -0.2) is 0 Å². The SMILES string of the molecule is c1ccc(-n2c3ccncc3c3ccc(-c4ccc5c6ccccc6n(-c6ccc7ccccc7c6)c5c4)cc32)cc1. The molecule has 42 heavy (non-hydrogen) atoms. The summed E-state index contributed by atoms with van der Waals surface area (Å²) >= 11 is 0. The first kappa shape index (κ1) is 23.1. The van der Waals surface area contributed by atoms with Gasteiger partial charge in [0.05, 0.1) is 22.1 Å². The summed E-state index contributed by atoms with van der Waals surface area (Å²) in [5.74, 6) is 0. The number of hydrogen-bond acceptors (Lipinski definition) is 1. The van der Waals surface area contributed by atoms with Crippen molar-refractivity contribution in [2.75, 3.05) is 0 Å². The van der Waals surface area contributed by atoms with E-state index in [-0.39, 0.29) is 0 Å². The predicted molar refractivity (Wildman–Crippen MR) is 176 cm³/mol. The molecule has 3 heterocycles. The lowest BCUT2D eigenvalue weighted by atomic mass is 10.0. The summed E-state index contributed by atoms with van der Waals surface area (Å²) in [7, 11) is 0.